The van der Waals surface area contributed by atoms with Crippen LogP contribution in [0.3, 0.4) is 0 Å². The molecule has 0 bridgehead atoms. The van der Waals surface area contributed by atoms with Crippen LogP contribution in [-0.2, 0) is 14.3 Å². The number of carbonyl (C=O) groups is 2. The number of methoxy groups -OCH3 is 1. The van der Waals surface area contributed by atoms with Crippen molar-refractivity contribution in [2.45, 2.75) is 87.0 Å². The monoisotopic (exact) mass is 509 g/mol. The van der Waals surface area contributed by atoms with Crippen LogP contribution in [0.15, 0.2) is 46.3 Å². The van der Waals surface area contributed by atoms with Crippen molar-refractivity contribution < 1.29 is 19.4 Å². The maximum absolute atomic E-state index is 13.0. The Morgan fingerprint density at radius 2 is 1.86 bits per heavy atom. The molecular weight excluding hydrogens is 462 g/mol. The van der Waals surface area contributed by atoms with Crippen molar-refractivity contribution in [2.75, 3.05) is 20.3 Å². The molecule has 4 aliphatic carbocycles. The topological polar surface area (TPSA) is 75.6 Å². The SMILES string of the molecule is CC[C@]1(C)CC[C@]2(C)C3=CC=C4C(=CC(=O)C(O)=C4C)[C@]3(C)CC[C@@]2(C)[C@@H]1C[C@H](C)C(=O)NCCOC. The van der Waals surface area contributed by atoms with Crippen LogP contribution >= 0.6 is 0 Å². The fraction of sp³-hybridized carbons (Fsp3) is 0.688. The van der Waals surface area contributed by atoms with Crippen LogP contribution in [0.25, 0.3) is 0 Å². The fourth-order valence-corrected chi connectivity index (χ4v) is 8.45. The molecule has 2 saturated carbocycles. The number of aliphatic hydroxyl groups is 1. The van der Waals surface area contributed by atoms with Crippen molar-refractivity contribution in [3.05, 3.63) is 46.3 Å². The van der Waals surface area contributed by atoms with Gasteiger partial charge in [-0.3, -0.25) is 9.59 Å². The van der Waals surface area contributed by atoms with E-state index in [1.54, 1.807) is 13.2 Å². The molecule has 0 aromatic carbocycles. The molecule has 0 radical (unpaired) electrons. The minimum atomic E-state index is -0.279. The summed E-state index contributed by atoms with van der Waals surface area (Å²) in [4.78, 5) is 25.7. The number of ketones is 1. The fourth-order valence-electron chi connectivity index (χ4n) is 8.45. The molecule has 5 heteroatoms. The van der Waals surface area contributed by atoms with Crippen molar-refractivity contribution in [3.63, 3.8) is 0 Å². The van der Waals surface area contributed by atoms with E-state index in [0.717, 1.165) is 49.7 Å². The van der Waals surface area contributed by atoms with Gasteiger partial charge >= 0.3 is 0 Å². The summed E-state index contributed by atoms with van der Waals surface area (Å²) in [5, 5.41) is 13.4. The van der Waals surface area contributed by atoms with Gasteiger partial charge in [-0.1, -0.05) is 65.7 Å². The minimum absolute atomic E-state index is 0.0278. The zero-order valence-corrected chi connectivity index (χ0v) is 24.2. The predicted molar refractivity (Wildman–Crippen MR) is 148 cm³/mol. The van der Waals surface area contributed by atoms with Gasteiger partial charge < -0.3 is 15.2 Å². The maximum Gasteiger partial charge on any atom is 0.222 e. The Kier molecular flexibility index (Phi) is 7.20. The Morgan fingerprint density at radius 1 is 1.16 bits per heavy atom. The van der Waals surface area contributed by atoms with Crippen LogP contribution in [0, 0.1) is 33.5 Å². The zero-order chi connectivity index (χ0) is 27.4. The molecule has 2 N–H and O–H groups in total. The summed E-state index contributed by atoms with van der Waals surface area (Å²) in [7, 11) is 1.65. The van der Waals surface area contributed by atoms with Crippen LogP contribution in [0.2, 0.25) is 0 Å². The summed E-state index contributed by atoms with van der Waals surface area (Å²) in [5.41, 5.74) is 4.10. The standard InChI is InChI=1S/C32H47NO4/c1-9-29(4)12-14-31(6)25-11-10-22-21(3)27(35)24(34)19-23(22)30(25,5)13-15-32(31,7)26(29)18-20(2)28(36)33-16-17-37-8/h10-11,19-20,26,35H,9,12-18H2,1-8H3,(H,33,36)/t20-,26+,29+,30-,31+,32-/m0/s1. The van der Waals surface area contributed by atoms with Crippen LogP contribution in [-0.4, -0.2) is 37.1 Å². The molecule has 0 unspecified atom stereocenters. The Hall–Kier alpha value is -2.14. The summed E-state index contributed by atoms with van der Waals surface area (Å²) in [6, 6.07) is 0. The van der Waals surface area contributed by atoms with Crippen LogP contribution in [0.4, 0.5) is 0 Å². The van der Waals surface area contributed by atoms with Crippen LogP contribution < -0.4 is 5.32 Å². The Labute approximate surface area is 223 Å². The number of ether oxygens (including phenoxy) is 1. The van der Waals surface area contributed by atoms with Gasteiger partial charge in [0.1, 0.15) is 0 Å². The summed E-state index contributed by atoms with van der Waals surface area (Å²) < 4.78 is 5.12. The normalized spacial score (nSPS) is 38.0. The third-order valence-electron chi connectivity index (χ3n) is 11.4. The van der Waals surface area contributed by atoms with E-state index in [2.05, 4.69) is 59.0 Å². The number of hydrogen-bond acceptors (Lipinski definition) is 4. The molecule has 4 rings (SSSR count). The number of hydrogen-bond donors (Lipinski definition) is 2. The number of allylic oxidation sites excluding steroid dienone is 7. The van der Waals surface area contributed by atoms with E-state index in [1.807, 2.05) is 6.92 Å². The highest BCUT2D eigenvalue weighted by Crippen LogP contribution is 2.73. The Bertz CT molecular complexity index is 1110. The van der Waals surface area contributed by atoms with Gasteiger partial charge in [0.2, 0.25) is 11.7 Å². The molecule has 4 aliphatic rings. The second kappa shape index (κ2) is 9.55. The summed E-state index contributed by atoms with van der Waals surface area (Å²) in [5.74, 6) is 0.0387. The number of fused-ring (bicyclic) bond motifs is 5. The third-order valence-corrected chi connectivity index (χ3v) is 11.4. The van der Waals surface area contributed by atoms with Gasteiger partial charge in [-0.05, 0) is 78.4 Å². The number of aliphatic hydroxyl groups excluding tert-OH is 1. The van der Waals surface area contributed by atoms with Crippen molar-refractivity contribution in [1.29, 1.82) is 0 Å². The van der Waals surface area contributed by atoms with E-state index in [1.165, 1.54) is 5.57 Å². The average Bonchev–Trinajstić information content (AvgIpc) is 2.87. The van der Waals surface area contributed by atoms with Crippen molar-refractivity contribution in [2.24, 2.45) is 33.5 Å². The van der Waals surface area contributed by atoms with E-state index in [9.17, 15) is 14.7 Å². The molecule has 0 aromatic rings. The third kappa shape index (κ3) is 4.07. The summed E-state index contributed by atoms with van der Waals surface area (Å²) in [6.45, 7) is 17.0. The summed E-state index contributed by atoms with van der Waals surface area (Å²) in [6.07, 6.45) is 12.3. The van der Waals surface area contributed by atoms with Gasteiger partial charge in [-0.2, -0.15) is 0 Å². The lowest BCUT2D eigenvalue weighted by Gasteiger charge is -2.68. The highest BCUT2D eigenvalue weighted by atomic mass is 16.5. The lowest BCUT2D eigenvalue weighted by atomic mass is 9.36. The first-order chi connectivity index (χ1) is 17.3. The molecule has 2 fully saturated rings. The lowest BCUT2D eigenvalue weighted by Crippen LogP contribution is -2.60. The van der Waals surface area contributed by atoms with Crippen molar-refractivity contribution in [3.8, 4) is 0 Å². The van der Waals surface area contributed by atoms with Gasteiger partial charge in [-0.15, -0.1) is 0 Å². The molecule has 204 valence electrons. The van der Waals surface area contributed by atoms with Gasteiger partial charge in [-0.25, -0.2) is 0 Å². The molecule has 0 aromatic heterocycles. The number of nitrogens with one attached hydrogen (secondary N) is 1. The minimum Gasteiger partial charge on any atom is -0.504 e. The quantitative estimate of drug-likeness (QED) is 0.378. The molecule has 5 nitrogen and oxygen atoms in total. The second-order valence-corrected chi connectivity index (χ2v) is 13.1. The van der Waals surface area contributed by atoms with E-state index < -0.39 is 0 Å². The molecular formula is C32H47NO4. The highest BCUT2D eigenvalue weighted by molar-refractivity contribution is 6.06. The zero-order valence-electron chi connectivity index (χ0n) is 24.2. The van der Waals surface area contributed by atoms with E-state index >= 15 is 0 Å². The predicted octanol–water partition coefficient (Wildman–Crippen LogP) is 6.62. The first-order valence-electron chi connectivity index (χ1n) is 14.2. The van der Waals surface area contributed by atoms with Crippen LogP contribution in [0.1, 0.15) is 87.0 Å². The van der Waals surface area contributed by atoms with Crippen LogP contribution in [0.5, 0.6) is 0 Å². The average molecular weight is 510 g/mol. The van der Waals surface area contributed by atoms with Gasteiger partial charge in [0.05, 0.1) is 6.61 Å². The first-order valence-corrected chi connectivity index (χ1v) is 14.2. The number of amides is 1. The summed E-state index contributed by atoms with van der Waals surface area (Å²) >= 11 is 0. The van der Waals surface area contributed by atoms with E-state index in [0.29, 0.717) is 24.6 Å². The van der Waals surface area contributed by atoms with Gasteiger partial charge in [0, 0.05) is 30.6 Å². The largest absolute Gasteiger partial charge is 0.504 e. The Balaban J connectivity index is 1.75. The molecule has 1 amide bonds. The second-order valence-electron chi connectivity index (χ2n) is 13.1. The molecule has 0 aliphatic heterocycles. The molecule has 37 heavy (non-hydrogen) atoms. The van der Waals surface area contributed by atoms with Gasteiger partial charge in [0.25, 0.3) is 0 Å². The van der Waals surface area contributed by atoms with E-state index in [4.69, 9.17) is 4.74 Å². The highest BCUT2D eigenvalue weighted by Gasteiger charge is 2.65. The van der Waals surface area contributed by atoms with E-state index in [-0.39, 0.29) is 45.0 Å². The maximum atomic E-state index is 13.0. The lowest BCUT2D eigenvalue weighted by molar-refractivity contribution is -0.141. The first kappa shape index (κ1) is 27.9. The molecule has 0 spiro atoms. The Morgan fingerprint density at radius 3 is 2.51 bits per heavy atom. The van der Waals surface area contributed by atoms with Gasteiger partial charge in [0.15, 0.2) is 5.76 Å². The molecule has 0 saturated heterocycles. The molecule has 0 heterocycles. The molecule has 6 atom stereocenters. The number of carbonyl (C=O) groups excluding carboxylic acids is 2. The van der Waals surface area contributed by atoms with Crippen molar-refractivity contribution >= 4 is 11.7 Å². The number of rotatable bonds is 7. The smallest absolute Gasteiger partial charge is 0.222 e. The van der Waals surface area contributed by atoms with Crippen molar-refractivity contribution in [1.82, 2.24) is 5.32 Å².